The van der Waals surface area contributed by atoms with Gasteiger partial charge in [0.15, 0.2) is 5.78 Å². The first-order valence-electron chi connectivity index (χ1n) is 7.18. The fraction of sp³-hybridized carbons (Fsp3) is 0.500. The minimum atomic E-state index is -0.0758. The maximum absolute atomic E-state index is 12.1. The number of rotatable bonds is 7. The number of likely N-dealkylation sites (N-methyl/N-ethyl adjacent to an activating group) is 1. The summed E-state index contributed by atoms with van der Waals surface area (Å²) in [6.45, 7) is 9.79. The molecule has 0 spiro atoms. The Bertz CT molecular complexity index is 479. The molecule has 0 saturated heterocycles. The topological polar surface area (TPSA) is 49.4 Å². The van der Waals surface area contributed by atoms with E-state index < -0.39 is 0 Å². The highest BCUT2D eigenvalue weighted by atomic mass is 16.2. The molecule has 4 nitrogen and oxygen atoms in total. The Labute approximate surface area is 121 Å². The molecule has 1 amide bonds. The number of benzene rings is 1. The fourth-order valence-electron chi connectivity index (χ4n) is 2.09. The van der Waals surface area contributed by atoms with Crippen LogP contribution in [0.15, 0.2) is 18.2 Å². The van der Waals surface area contributed by atoms with E-state index >= 15 is 0 Å². The van der Waals surface area contributed by atoms with Gasteiger partial charge in [0.2, 0.25) is 5.91 Å². The molecule has 1 aromatic carbocycles. The number of hydrogen-bond acceptors (Lipinski definition) is 3. The van der Waals surface area contributed by atoms with Crippen LogP contribution in [0.5, 0.6) is 0 Å². The number of carbonyl (C=O) groups is 2. The number of para-hydroxylation sites is 1. The number of nitrogens with zero attached hydrogens (tertiary/aromatic N) is 1. The van der Waals surface area contributed by atoms with Gasteiger partial charge in [0.05, 0.1) is 12.2 Å². The first-order chi connectivity index (χ1) is 9.53. The van der Waals surface area contributed by atoms with Crippen molar-refractivity contribution in [3.8, 4) is 0 Å². The van der Waals surface area contributed by atoms with E-state index in [1.165, 1.54) is 0 Å². The summed E-state index contributed by atoms with van der Waals surface area (Å²) in [6, 6.07) is 5.52. The monoisotopic (exact) mass is 276 g/mol. The van der Waals surface area contributed by atoms with Crippen molar-refractivity contribution in [1.29, 1.82) is 0 Å². The summed E-state index contributed by atoms with van der Waals surface area (Å²) in [5.74, 6) is -0.0278. The lowest BCUT2D eigenvalue weighted by molar-refractivity contribution is -0.117. The zero-order chi connectivity index (χ0) is 15.1. The van der Waals surface area contributed by atoms with Crippen LogP contribution in [-0.2, 0) is 4.79 Å². The van der Waals surface area contributed by atoms with E-state index in [-0.39, 0.29) is 11.7 Å². The van der Waals surface area contributed by atoms with E-state index in [0.29, 0.717) is 24.2 Å². The van der Waals surface area contributed by atoms with Crippen LogP contribution >= 0.6 is 0 Å². The van der Waals surface area contributed by atoms with Crippen molar-refractivity contribution >= 4 is 17.4 Å². The number of nitrogens with one attached hydrogen (secondary N) is 1. The van der Waals surface area contributed by atoms with Crippen molar-refractivity contribution in [3.05, 3.63) is 29.3 Å². The lowest BCUT2D eigenvalue weighted by Crippen LogP contribution is -2.33. The molecule has 0 aromatic heterocycles. The van der Waals surface area contributed by atoms with Crippen LogP contribution in [0.4, 0.5) is 5.69 Å². The van der Waals surface area contributed by atoms with Crippen molar-refractivity contribution in [2.45, 2.75) is 34.1 Å². The van der Waals surface area contributed by atoms with Crippen LogP contribution in [0, 0.1) is 6.92 Å². The maximum atomic E-state index is 12.1. The smallest absolute Gasteiger partial charge is 0.238 e. The highest BCUT2D eigenvalue weighted by Crippen LogP contribution is 2.22. The SMILES string of the molecule is CCC(=O)c1cccc(C)c1NC(=O)CN(CC)CC. The molecular weight excluding hydrogens is 252 g/mol. The van der Waals surface area contributed by atoms with E-state index in [0.717, 1.165) is 18.7 Å². The fourth-order valence-corrected chi connectivity index (χ4v) is 2.09. The number of anilines is 1. The highest BCUT2D eigenvalue weighted by Gasteiger charge is 2.15. The lowest BCUT2D eigenvalue weighted by Gasteiger charge is -2.19. The van der Waals surface area contributed by atoms with E-state index in [1.807, 2.05) is 44.7 Å². The van der Waals surface area contributed by atoms with E-state index in [1.54, 1.807) is 6.07 Å². The number of hydrogen-bond donors (Lipinski definition) is 1. The highest BCUT2D eigenvalue weighted by molar-refractivity contribution is 6.05. The van der Waals surface area contributed by atoms with Crippen LogP contribution in [0.3, 0.4) is 0 Å². The van der Waals surface area contributed by atoms with Gasteiger partial charge in [-0.05, 0) is 31.6 Å². The molecule has 0 radical (unpaired) electrons. The summed E-state index contributed by atoms with van der Waals surface area (Å²) in [5.41, 5.74) is 2.16. The number of carbonyl (C=O) groups excluding carboxylic acids is 2. The third kappa shape index (κ3) is 4.17. The maximum Gasteiger partial charge on any atom is 0.238 e. The summed E-state index contributed by atoms with van der Waals surface area (Å²) in [6.07, 6.45) is 0.433. The molecule has 110 valence electrons. The van der Waals surface area contributed by atoms with Gasteiger partial charge in [0, 0.05) is 12.0 Å². The Hall–Kier alpha value is -1.68. The Morgan fingerprint density at radius 2 is 1.80 bits per heavy atom. The Kier molecular flexibility index (Phi) is 6.39. The van der Waals surface area contributed by atoms with Gasteiger partial charge in [-0.15, -0.1) is 0 Å². The largest absolute Gasteiger partial charge is 0.324 e. The molecule has 1 aromatic rings. The second kappa shape index (κ2) is 7.80. The van der Waals surface area contributed by atoms with Gasteiger partial charge in [-0.2, -0.15) is 0 Å². The average molecular weight is 276 g/mol. The molecule has 0 heterocycles. The first kappa shape index (κ1) is 16.4. The quantitative estimate of drug-likeness (QED) is 0.779. The molecule has 1 rings (SSSR count). The van der Waals surface area contributed by atoms with Gasteiger partial charge >= 0.3 is 0 Å². The molecule has 4 heteroatoms. The standard InChI is InChI=1S/C16H24N2O2/c1-5-14(19)13-10-8-9-12(4)16(13)17-15(20)11-18(6-2)7-3/h8-10H,5-7,11H2,1-4H3,(H,17,20). The van der Waals surface area contributed by atoms with Crippen molar-refractivity contribution in [1.82, 2.24) is 4.90 Å². The average Bonchev–Trinajstić information content (AvgIpc) is 2.46. The molecule has 0 aliphatic carbocycles. The number of amides is 1. The van der Waals surface area contributed by atoms with Crippen molar-refractivity contribution < 1.29 is 9.59 Å². The minimum Gasteiger partial charge on any atom is -0.324 e. The molecule has 0 fully saturated rings. The van der Waals surface area contributed by atoms with Gasteiger partial charge in [-0.3, -0.25) is 14.5 Å². The van der Waals surface area contributed by atoms with Crippen molar-refractivity contribution in [2.24, 2.45) is 0 Å². The zero-order valence-corrected chi connectivity index (χ0v) is 12.8. The van der Waals surface area contributed by atoms with Gasteiger partial charge in [0.1, 0.15) is 0 Å². The van der Waals surface area contributed by atoms with Crippen LogP contribution < -0.4 is 5.32 Å². The van der Waals surface area contributed by atoms with E-state index in [2.05, 4.69) is 5.32 Å². The molecule has 0 aliphatic rings. The Morgan fingerprint density at radius 1 is 1.15 bits per heavy atom. The second-order valence-corrected chi connectivity index (χ2v) is 4.78. The third-order valence-corrected chi connectivity index (χ3v) is 3.42. The van der Waals surface area contributed by atoms with Gasteiger partial charge in [-0.1, -0.05) is 32.9 Å². The van der Waals surface area contributed by atoms with Crippen LogP contribution in [0.2, 0.25) is 0 Å². The zero-order valence-electron chi connectivity index (χ0n) is 12.8. The normalized spacial score (nSPS) is 10.7. The molecule has 0 unspecified atom stereocenters. The predicted octanol–water partition coefficient (Wildman–Crippen LogP) is 2.87. The molecular formula is C16H24N2O2. The van der Waals surface area contributed by atoms with Gasteiger partial charge < -0.3 is 5.32 Å². The van der Waals surface area contributed by atoms with E-state index in [4.69, 9.17) is 0 Å². The van der Waals surface area contributed by atoms with Gasteiger partial charge in [-0.25, -0.2) is 0 Å². The van der Waals surface area contributed by atoms with Gasteiger partial charge in [0.25, 0.3) is 0 Å². The Balaban J connectivity index is 2.91. The first-order valence-corrected chi connectivity index (χ1v) is 7.18. The molecule has 1 N–H and O–H groups in total. The number of Topliss-reactive ketones (excluding diaryl/α,β-unsaturated/α-hetero) is 1. The van der Waals surface area contributed by atoms with Crippen molar-refractivity contribution in [2.75, 3.05) is 25.0 Å². The third-order valence-electron chi connectivity index (χ3n) is 3.42. The van der Waals surface area contributed by atoms with Crippen LogP contribution in [0.1, 0.15) is 43.1 Å². The molecule has 0 aliphatic heterocycles. The summed E-state index contributed by atoms with van der Waals surface area (Å²) >= 11 is 0. The second-order valence-electron chi connectivity index (χ2n) is 4.78. The molecule has 0 saturated carbocycles. The molecule has 0 atom stereocenters. The summed E-state index contributed by atoms with van der Waals surface area (Å²) in [7, 11) is 0. The van der Waals surface area contributed by atoms with Crippen molar-refractivity contribution in [3.63, 3.8) is 0 Å². The van der Waals surface area contributed by atoms with E-state index in [9.17, 15) is 9.59 Å². The number of aryl methyl sites for hydroxylation is 1. The lowest BCUT2D eigenvalue weighted by atomic mass is 10.0. The molecule has 0 bridgehead atoms. The summed E-state index contributed by atoms with van der Waals surface area (Å²) in [4.78, 5) is 26.1. The summed E-state index contributed by atoms with van der Waals surface area (Å²) in [5, 5.41) is 2.89. The Morgan fingerprint density at radius 3 is 2.35 bits per heavy atom. The summed E-state index contributed by atoms with van der Waals surface area (Å²) < 4.78 is 0. The predicted molar refractivity (Wildman–Crippen MR) is 82.2 cm³/mol. The van der Waals surface area contributed by atoms with Crippen LogP contribution in [0.25, 0.3) is 0 Å². The minimum absolute atomic E-state index is 0.0480. The van der Waals surface area contributed by atoms with Crippen LogP contribution in [-0.4, -0.2) is 36.2 Å². The number of ketones is 1. The molecule has 20 heavy (non-hydrogen) atoms.